The van der Waals surface area contributed by atoms with Gasteiger partial charge in [0.15, 0.2) is 11.5 Å². The third-order valence-corrected chi connectivity index (χ3v) is 4.35. The van der Waals surface area contributed by atoms with E-state index in [4.69, 9.17) is 14.9 Å². The first-order valence-corrected chi connectivity index (χ1v) is 8.59. The fourth-order valence-corrected chi connectivity index (χ4v) is 3.01. The first-order valence-electron chi connectivity index (χ1n) is 8.59. The zero-order valence-corrected chi connectivity index (χ0v) is 15.2. The van der Waals surface area contributed by atoms with Crippen molar-refractivity contribution in [3.8, 4) is 17.1 Å². The molecule has 0 aliphatic carbocycles. The molecule has 0 bridgehead atoms. The molecular weight excluding hydrogens is 362 g/mol. The maximum absolute atomic E-state index is 13.0. The SMILES string of the molecule is CCOC(=O)c1coc(-c2cn(-c3ccccc3C)c(=O)c3c(N)n[nH]c23)n1. The number of nitrogens with zero attached hydrogens (tertiary/aromatic N) is 3. The molecule has 3 N–H and O–H groups in total. The highest BCUT2D eigenvalue weighted by atomic mass is 16.5. The minimum absolute atomic E-state index is 0.0335. The van der Waals surface area contributed by atoms with Gasteiger partial charge in [0.1, 0.15) is 11.6 Å². The first kappa shape index (κ1) is 17.5. The smallest absolute Gasteiger partial charge is 0.360 e. The highest BCUT2D eigenvalue weighted by Crippen LogP contribution is 2.28. The summed E-state index contributed by atoms with van der Waals surface area (Å²) in [5.41, 5.74) is 8.04. The van der Waals surface area contributed by atoms with Crippen LogP contribution in [-0.2, 0) is 4.74 Å². The molecule has 9 nitrogen and oxygen atoms in total. The van der Waals surface area contributed by atoms with Crippen LogP contribution in [0.2, 0.25) is 0 Å². The molecule has 0 saturated carbocycles. The average molecular weight is 379 g/mol. The van der Waals surface area contributed by atoms with Crippen LogP contribution in [0.5, 0.6) is 0 Å². The first-order chi connectivity index (χ1) is 13.5. The van der Waals surface area contributed by atoms with E-state index in [0.29, 0.717) is 16.8 Å². The fraction of sp³-hybridized carbons (Fsp3) is 0.158. The van der Waals surface area contributed by atoms with Crippen molar-refractivity contribution in [2.24, 2.45) is 0 Å². The molecule has 3 aromatic heterocycles. The maximum atomic E-state index is 13.0. The summed E-state index contributed by atoms with van der Waals surface area (Å²) in [5, 5.41) is 6.92. The Bertz CT molecular complexity index is 1250. The van der Waals surface area contributed by atoms with Crippen LogP contribution >= 0.6 is 0 Å². The molecule has 0 unspecified atom stereocenters. The summed E-state index contributed by atoms with van der Waals surface area (Å²) in [7, 11) is 0. The number of ether oxygens (including phenoxy) is 1. The highest BCUT2D eigenvalue weighted by Gasteiger charge is 2.21. The van der Waals surface area contributed by atoms with Gasteiger partial charge in [-0.05, 0) is 25.5 Å². The Kier molecular flexibility index (Phi) is 4.19. The molecule has 0 aliphatic rings. The summed E-state index contributed by atoms with van der Waals surface area (Å²) in [6.45, 7) is 3.82. The van der Waals surface area contributed by atoms with Crippen LogP contribution in [-0.4, -0.2) is 32.3 Å². The van der Waals surface area contributed by atoms with Crippen molar-refractivity contribution >= 4 is 22.7 Å². The summed E-state index contributed by atoms with van der Waals surface area (Å²) in [6, 6.07) is 7.44. The van der Waals surface area contributed by atoms with Crippen molar-refractivity contribution in [1.82, 2.24) is 19.7 Å². The fourth-order valence-electron chi connectivity index (χ4n) is 3.01. The predicted molar refractivity (Wildman–Crippen MR) is 102 cm³/mol. The minimum atomic E-state index is -0.593. The summed E-state index contributed by atoms with van der Waals surface area (Å²) in [5.74, 6) is -0.384. The number of aromatic nitrogens is 4. The summed E-state index contributed by atoms with van der Waals surface area (Å²) in [6.07, 6.45) is 2.80. The Labute approximate surface area is 158 Å². The van der Waals surface area contributed by atoms with Crippen molar-refractivity contribution in [3.05, 3.63) is 58.3 Å². The molecule has 1 aromatic carbocycles. The number of pyridine rings is 1. The summed E-state index contributed by atoms with van der Waals surface area (Å²) >= 11 is 0. The van der Waals surface area contributed by atoms with Gasteiger partial charge in [0.05, 0.1) is 23.4 Å². The van der Waals surface area contributed by atoms with Crippen LogP contribution in [0.3, 0.4) is 0 Å². The van der Waals surface area contributed by atoms with E-state index in [1.165, 1.54) is 10.8 Å². The van der Waals surface area contributed by atoms with Gasteiger partial charge in [0.25, 0.3) is 5.56 Å². The molecule has 0 aliphatic heterocycles. The number of para-hydroxylation sites is 1. The highest BCUT2D eigenvalue weighted by molar-refractivity contribution is 5.97. The van der Waals surface area contributed by atoms with E-state index in [0.717, 1.165) is 5.56 Å². The number of rotatable bonds is 4. The molecule has 142 valence electrons. The number of hydrogen-bond donors (Lipinski definition) is 2. The number of fused-ring (bicyclic) bond motifs is 1. The number of carbonyl (C=O) groups excluding carboxylic acids is 1. The zero-order chi connectivity index (χ0) is 19.8. The number of nitrogens with one attached hydrogen (secondary N) is 1. The third-order valence-electron chi connectivity index (χ3n) is 4.35. The number of nitrogen functional groups attached to an aromatic ring is 1. The Morgan fingerprint density at radius 1 is 1.36 bits per heavy atom. The van der Waals surface area contributed by atoms with E-state index in [1.54, 1.807) is 13.1 Å². The van der Waals surface area contributed by atoms with Crippen molar-refractivity contribution in [2.75, 3.05) is 12.3 Å². The van der Waals surface area contributed by atoms with Gasteiger partial charge in [-0.1, -0.05) is 18.2 Å². The number of benzene rings is 1. The quantitative estimate of drug-likeness (QED) is 0.521. The van der Waals surface area contributed by atoms with Crippen LogP contribution < -0.4 is 11.3 Å². The molecule has 0 spiro atoms. The normalized spacial score (nSPS) is 11.1. The van der Waals surface area contributed by atoms with Crippen LogP contribution in [0.25, 0.3) is 28.0 Å². The number of esters is 1. The van der Waals surface area contributed by atoms with E-state index >= 15 is 0 Å². The Hall–Kier alpha value is -3.88. The lowest BCUT2D eigenvalue weighted by atomic mass is 10.1. The van der Waals surface area contributed by atoms with E-state index < -0.39 is 5.97 Å². The number of aryl methyl sites for hydroxylation is 1. The van der Waals surface area contributed by atoms with Gasteiger partial charge in [-0.25, -0.2) is 9.78 Å². The molecule has 0 amide bonds. The second-order valence-corrected chi connectivity index (χ2v) is 6.12. The number of H-pyrrole nitrogens is 1. The molecule has 0 saturated heterocycles. The van der Waals surface area contributed by atoms with Gasteiger partial charge < -0.3 is 14.9 Å². The molecule has 4 aromatic rings. The van der Waals surface area contributed by atoms with Crippen molar-refractivity contribution in [1.29, 1.82) is 0 Å². The molecule has 3 heterocycles. The van der Waals surface area contributed by atoms with Gasteiger partial charge in [0, 0.05) is 6.20 Å². The van der Waals surface area contributed by atoms with Gasteiger partial charge in [0.2, 0.25) is 5.89 Å². The van der Waals surface area contributed by atoms with Crippen molar-refractivity contribution in [2.45, 2.75) is 13.8 Å². The lowest BCUT2D eigenvalue weighted by Crippen LogP contribution is -2.19. The standard InChI is InChI=1S/C19H17N5O4/c1-3-27-19(26)12-9-28-17(21-12)11-8-24(13-7-5-4-6-10(13)2)18(25)14-15(11)22-23-16(14)20/h4-9H,3H2,1-2H3,(H3,20,22,23). The number of hydrogen-bond acceptors (Lipinski definition) is 7. The van der Waals surface area contributed by atoms with Gasteiger partial charge >= 0.3 is 5.97 Å². The van der Waals surface area contributed by atoms with Crippen molar-refractivity contribution in [3.63, 3.8) is 0 Å². The molecule has 28 heavy (non-hydrogen) atoms. The van der Waals surface area contributed by atoms with Crippen LogP contribution in [0, 0.1) is 6.92 Å². The molecule has 0 atom stereocenters. The summed E-state index contributed by atoms with van der Waals surface area (Å²) < 4.78 is 11.9. The number of carbonyl (C=O) groups is 1. The van der Waals surface area contributed by atoms with E-state index in [1.807, 2.05) is 31.2 Å². The lowest BCUT2D eigenvalue weighted by Gasteiger charge is -2.11. The van der Waals surface area contributed by atoms with Gasteiger partial charge in [-0.2, -0.15) is 5.10 Å². The molecule has 4 rings (SSSR count). The molecule has 0 fully saturated rings. The lowest BCUT2D eigenvalue weighted by molar-refractivity contribution is 0.0519. The second kappa shape index (κ2) is 6.69. The number of anilines is 1. The Morgan fingerprint density at radius 2 is 2.14 bits per heavy atom. The Morgan fingerprint density at radius 3 is 2.89 bits per heavy atom. The van der Waals surface area contributed by atoms with Crippen LogP contribution in [0.4, 0.5) is 5.82 Å². The molecule has 9 heteroatoms. The van der Waals surface area contributed by atoms with Gasteiger partial charge in [-0.15, -0.1) is 0 Å². The summed E-state index contributed by atoms with van der Waals surface area (Å²) in [4.78, 5) is 29.1. The van der Waals surface area contributed by atoms with Gasteiger partial charge in [-0.3, -0.25) is 14.5 Å². The topological polar surface area (TPSA) is 129 Å². The zero-order valence-electron chi connectivity index (χ0n) is 15.2. The number of oxazole rings is 1. The van der Waals surface area contributed by atoms with Crippen LogP contribution in [0.15, 0.2) is 45.9 Å². The minimum Gasteiger partial charge on any atom is -0.461 e. The van der Waals surface area contributed by atoms with E-state index in [2.05, 4.69) is 15.2 Å². The van der Waals surface area contributed by atoms with E-state index in [9.17, 15) is 9.59 Å². The van der Waals surface area contributed by atoms with Crippen molar-refractivity contribution < 1.29 is 13.9 Å². The molecular formula is C19H17N5O4. The predicted octanol–water partition coefficient (Wildman–Crippen LogP) is 2.44. The Balaban J connectivity index is 1.97. The van der Waals surface area contributed by atoms with E-state index in [-0.39, 0.29) is 35.0 Å². The monoisotopic (exact) mass is 379 g/mol. The third kappa shape index (κ3) is 2.73. The maximum Gasteiger partial charge on any atom is 0.360 e. The number of nitrogens with two attached hydrogens (primary N) is 1. The molecule has 0 radical (unpaired) electrons. The van der Waals surface area contributed by atoms with Crippen LogP contribution in [0.1, 0.15) is 23.0 Å². The second-order valence-electron chi connectivity index (χ2n) is 6.12. The average Bonchev–Trinajstić information content (AvgIpc) is 3.31. The number of aromatic amines is 1. The largest absolute Gasteiger partial charge is 0.461 e.